The summed E-state index contributed by atoms with van der Waals surface area (Å²) >= 11 is 0. The second-order valence-electron chi connectivity index (χ2n) is 5.34. The maximum atomic E-state index is 13.4. The topological polar surface area (TPSA) is 52.7 Å². The summed E-state index contributed by atoms with van der Waals surface area (Å²) in [5.74, 6) is -0.931. The fourth-order valence-corrected chi connectivity index (χ4v) is 3.30. The Morgan fingerprint density at radius 3 is 2.50 bits per heavy atom. The van der Waals surface area contributed by atoms with E-state index in [4.69, 9.17) is 0 Å². The number of rotatable bonds is 6. The molecule has 9 heteroatoms. The van der Waals surface area contributed by atoms with Crippen LogP contribution >= 0.6 is 0 Å². The van der Waals surface area contributed by atoms with E-state index in [1.165, 1.54) is 24.5 Å². The van der Waals surface area contributed by atoms with E-state index >= 15 is 0 Å². The highest BCUT2D eigenvalue weighted by atomic mass is 32.2. The van der Waals surface area contributed by atoms with Crippen molar-refractivity contribution in [1.82, 2.24) is 13.9 Å². The zero-order chi connectivity index (χ0) is 16.5. The lowest BCUT2D eigenvalue weighted by molar-refractivity contribution is 0.146. The third-order valence-corrected chi connectivity index (χ3v) is 5.40. The van der Waals surface area contributed by atoms with Gasteiger partial charge in [-0.05, 0) is 11.6 Å². The molecule has 1 aromatic carbocycles. The Labute approximate surface area is 127 Å². The van der Waals surface area contributed by atoms with Gasteiger partial charge in [0, 0.05) is 39.8 Å². The molecule has 1 heterocycles. The van der Waals surface area contributed by atoms with Crippen LogP contribution in [0.1, 0.15) is 17.6 Å². The Morgan fingerprint density at radius 1 is 1.36 bits per heavy atom. The van der Waals surface area contributed by atoms with Gasteiger partial charge in [-0.3, -0.25) is 0 Å². The number of hydrogen-bond donors (Lipinski definition) is 1. The molecule has 124 valence electrons. The van der Waals surface area contributed by atoms with Crippen LogP contribution in [0.3, 0.4) is 0 Å². The molecule has 0 unspecified atom stereocenters. The summed E-state index contributed by atoms with van der Waals surface area (Å²) in [6.45, 7) is 0.956. The third-order valence-electron chi connectivity index (χ3n) is 3.53. The van der Waals surface area contributed by atoms with Crippen LogP contribution in [0, 0.1) is 5.82 Å². The average molecular weight is 337 g/mol. The van der Waals surface area contributed by atoms with Gasteiger partial charge in [0.15, 0.2) is 0 Å². The zero-order valence-electron chi connectivity index (χ0n) is 12.3. The highest BCUT2D eigenvalue weighted by Crippen LogP contribution is 2.23. The van der Waals surface area contributed by atoms with Crippen molar-refractivity contribution in [3.8, 4) is 0 Å². The quantitative estimate of drug-likeness (QED) is 0.852. The third kappa shape index (κ3) is 3.60. The lowest BCUT2D eigenvalue weighted by Crippen LogP contribution is -2.61. The molecule has 22 heavy (non-hydrogen) atoms. The summed E-state index contributed by atoms with van der Waals surface area (Å²) in [4.78, 5) is 0. The first-order chi connectivity index (χ1) is 10.2. The molecule has 5 nitrogen and oxygen atoms in total. The van der Waals surface area contributed by atoms with Crippen LogP contribution in [0.25, 0.3) is 0 Å². The van der Waals surface area contributed by atoms with Crippen molar-refractivity contribution >= 4 is 10.2 Å². The van der Waals surface area contributed by atoms with Gasteiger partial charge in [-0.25, -0.2) is 13.2 Å². The first-order valence-corrected chi connectivity index (χ1v) is 8.09. The van der Waals surface area contributed by atoms with Crippen LogP contribution in [0.2, 0.25) is 0 Å². The number of halogens is 3. The summed E-state index contributed by atoms with van der Waals surface area (Å²) < 4.78 is 64.3. The van der Waals surface area contributed by atoms with Crippen molar-refractivity contribution in [3.05, 3.63) is 35.1 Å². The van der Waals surface area contributed by atoms with E-state index in [0.29, 0.717) is 25.2 Å². The molecule has 0 aliphatic carbocycles. The van der Waals surface area contributed by atoms with Crippen LogP contribution < -0.4 is 5.32 Å². The summed E-state index contributed by atoms with van der Waals surface area (Å²) in [6, 6.07) is 3.54. The lowest BCUT2D eigenvalue weighted by atomic mass is 10.1. The van der Waals surface area contributed by atoms with Gasteiger partial charge in [0.1, 0.15) is 5.82 Å². The molecule has 0 aromatic heterocycles. The predicted molar refractivity (Wildman–Crippen MR) is 76.2 cm³/mol. The van der Waals surface area contributed by atoms with Gasteiger partial charge < -0.3 is 5.32 Å². The minimum absolute atomic E-state index is 0.0347. The second-order valence-corrected chi connectivity index (χ2v) is 7.48. The first-order valence-electron chi connectivity index (χ1n) is 6.69. The van der Waals surface area contributed by atoms with E-state index in [2.05, 4.69) is 5.32 Å². The molecular weight excluding hydrogens is 319 g/mol. The molecule has 2 rings (SSSR count). The van der Waals surface area contributed by atoms with Gasteiger partial charge in [-0.15, -0.1) is 0 Å². The monoisotopic (exact) mass is 337 g/mol. The van der Waals surface area contributed by atoms with Crippen LogP contribution in [-0.2, 0) is 16.8 Å². The Kier molecular flexibility index (Phi) is 5.10. The van der Waals surface area contributed by atoms with Crippen LogP contribution in [0.15, 0.2) is 18.2 Å². The maximum Gasteiger partial charge on any atom is 0.281 e. The van der Waals surface area contributed by atoms with E-state index in [1.54, 1.807) is 0 Å². The number of hydrogen-bond acceptors (Lipinski definition) is 3. The summed E-state index contributed by atoms with van der Waals surface area (Å²) in [6.07, 6.45) is -2.83. The predicted octanol–water partition coefficient (Wildman–Crippen LogP) is 1.34. The smallest absolute Gasteiger partial charge is 0.281 e. The standard InChI is InChI=1S/C13H18F3N3O2S/c1-18(2)22(20,21)19-7-10(8-19)17-6-9-3-4-11(13(15)16)12(14)5-9/h3-5,10,13,17H,6-8H2,1-2H3. The molecule has 0 saturated carbocycles. The SMILES string of the molecule is CN(C)S(=O)(=O)N1CC(NCc2ccc(C(F)F)c(F)c2)C1. The largest absolute Gasteiger partial charge is 0.307 e. The zero-order valence-corrected chi connectivity index (χ0v) is 13.1. The van der Waals surface area contributed by atoms with Gasteiger partial charge in [0.2, 0.25) is 0 Å². The molecule has 1 N–H and O–H groups in total. The van der Waals surface area contributed by atoms with Crippen molar-refractivity contribution in [2.24, 2.45) is 0 Å². The van der Waals surface area contributed by atoms with E-state index in [0.717, 1.165) is 16.4 Å². The van der Waals surface area contributed by atoms with Gasteiger partial charge in [-0.1, -0.05) is 12.1 Å². The molecule has 0 atom stereocenters. The summed E-state index contributed by atoms with van der Waals surface area (Å²) in [5.41, 5.74) is -0.0773. The molecular formula is C13H18F3N3O2S. The Hall–Kier alpha value is -1.16. The molecule has 1 fully saturated rings. The lowest BCUT2D eigenvalue weighted by Gasteiger charge is -2.39. The normalized spacial score (nSPS) is 17.2. The van der Waals surface area contributed by atoms with Crippen LogP contribution in [-0.4, -0.2) is 50.3 Å². The minimum atomic E-state index is -3.39. The molecule has 1 aromatic rings. The second kappa shape index (κ2) is 6.53. The van der Waals surface area contributed by atoms with Gasteiger partial charge >= 0.3 is 0 Å². The van der Waals surface area contributed by atoms with Crippen molar-refractivity contribution in [3.63, 3.8) is 0 Å². The van der Waals surface area contributed by atoms with Crippen molar-refractivity contribution in [1.29, 1.82) is 0 Å². The molecule has 0 amide bonds. The summed E-state index contributed by atoms with van der Waals surface area (Å²) in [5, 5.41) is 3.07. The van der Waals surface area contributed by atoms with E-state index in [1.807, 2.05) is 0 Å². The van der Waals surface area contributed by atoms with Gasteiger partial charge in [0.05, 0.1) is 5.56 Å². The first kappa shape index (κ1) is 17.2. The molecule has 0 spiro atoms. The summed E-state index contributed by atoms with van der Waals surface area (Å²) in [7, 11) is -0.471. The average Bonchev–Trinajstić information content (AvgIpc) is 2.35. The fraction of sp³-hybridized carbons (Fsp3) is 0.538. The molecule has 0 radical (unpaired) electrons. The van der Waals surface area contributed by atoms with Crippen molar-refractivity contribution in [2.45, 2.75) is 19.0 Å². The Bertz CT molecular complexity index is 631. The fourth-order valence-electron chi connectivity index (χ4n) is 2.11. The molecule has 1 aliphatic heterocycles. The highest BCUT2D eigenvalue weighted by molar-refractivity contribution is 7.86. The van der Waals surface area contributed by atoms with Crippen molar-refractivity contribution in [2.75, 3.05) is 27.2 Å². The number of nitrogens with one attached hydrogen (secondary N) is 1. The van der Waals surface area contributed by atoms with Crippen LogP contribution in [0.5, 0.6) is 0 Å². The number of nitrogens with zero attached hydrogens (tertiary/aromatic N) is 2. The van der Waals surface area contributed by atoms with Gasteiger partial charge in [-0.2, -0.15) is 17.0 Å². The highest BCUT2D eigenvalue weighted by Gasteiger charge is 2.36. The Balaban J connectivity index is 1.85. The minimum Gasteiger partial charge on any atom is -0.307 e. The molecule has 1 aliphatic rings. The Morgan fingerprint density at radius 2 is 2.00 bits per heavy atom. The van der Waals surface area contributed by atoms with E-state index in [9.17, 15) is 21.6 Å². The van der Waals surface area contributed by atoms with E-state index in [-0.39, 0.29) is 6.04 Å². The van der Waals surface area contributed by atoms with Crippen LogP contribution in [0.4, 0.5) is 13.2 Å². The number of alkyl halides is 2. The maximum absolute atomic E-state index is 13.4. The molecule has 1 saturated heterocycles. The van der Waals surface area contributed by atoms with Gasteiger partial charge in [0.25, 0.3) is 16.6 Å². The molecule has 0 bridgehead atoms. The van der Waals surface area contributed by atoms with Crippen molar-refractivity contribution < 1.29 is 21.6 Å². The number of benzene rings is 1. The van der Waals surface area contributed by atoms with E-state index < -0.39 is 28.0 Å².